The van der Waals surface area contributed by atoms with Crippen LogP contribution in [0.5, 0.6) is 0 Å². The number of nitrogens with zero attached hydrogens (tertiary/aromatic N) is 5. The van der Waals surface area contributed by atoms with Crippen molar-refractivity contribution < 1.29 is 9.84 Å². The summed E-state index contributed by atoms with van der Waals surface area (Å²) in [5.41, 5.74) is 6.74. The van der Waals surface area contributed by atoms with Gasteiger partial charge in [0.15, 0.2) is 0 Å². The zero-order valence-corrected chi connectivity index (χ0v) is 21.8. The first-order valence-corrected chi connectivity index (χ1v) is 12.4. The maximum Gasteiger partial charge on any atom is 0.138 e. The number of aliphatic hydroxyl groups is 1. The molecule has 5 rings (SSSR count). The highest BCUT2D eigenvalue weighted by atomic mass is 35.5. The molecule has 0 bridgehead atoms. The predicted molar refractivity (Wildman–Crippen MR) is 149 cm³/mol. The number of aryl methyl sites for hydroxylation is 1. The molecular formula is C29H28ClN5O2. The highest BCUT2D eigenvalue weighted by Gasteiger charge is 2.21. The molecule has 0 spiro atoms. The highest BCUT2D eigenvalue weighted by molar-refractivity contribution is 6.39. The average Bonchev–Trinajstić information content (AvgIpc) is 3.37. The van der Waals surface area contributed by atoms with Crippen molar-refractivity contribution in [2.75, 3.05) is 32.2 Å². The number of likely N-dealkylation sites (N-methyl/N-ethyl adjacent to an activating group) is 1. The Bertz CT molecular complexity index is 1550. The van der Waals surface area contributed by atoms with Crippen LogP contribution in [0.25, 0.3) is 44.5 Å². The number of hydrogen-bond acceptors (Lipinski definition) is 6. The number of fused-ring (bicyclic) bond motifs is 1. The van der Waals surface area contributed by atoms with Gasteiger partial charge >= 0.3 is 0 Å². The Morgan fingerprint density at radius 1 is 1.05 bits per heavy atom. The van der Waals surface area contributed by atoms with E-state index in [0.717, 1.165) is 55.9 Å². The van der Waals surface area contributed by atoms with Crippen molar-refractivity contribution in [3.63, 3.8) is 0 Å². The molecule has 8 heteroatoms. The first-order chi connectivity index (χ1) is 18.0. The SMILES string of the molecule is COCCN(C)c1nc2ccc(-c3c(CO)ccnc3-c3cncn3C)cc2c(Cl)c1-c1ccccc1. The lowest BCUT2D eigenvalue weighted by Crippen LogP contribution is -2.24. The Morgan fingerprint density at radius 2 is 1.86 bits per heavy atom. The third-order valence-electron chi connectivity index (χ3n) is 6.51. The molecule has 0 unspecified atom stereocenters. The van der Waals surface area contributed by atoms with E-state index < -0.39 is 0 Å². The molecule has 5 aromatic rings. The minimum Gasteiger partial charge on any atom is -0.392 e. The summed E-state index contributed by atoms with van der Waals surface area (Å²) >= 11 is 7.18. The molecule has 0 amide bonds. The second-order valence-electron chi connectivity index (χ2n) is 8.88. The van der Waals surface area contributed by atoms with Crippen LogP contribution in [-0.2, 0) is 18.4 Å². The first kappa shape index (κ1) is 24.9. The van der Waals surface area contributed by atoms with Crippen molar-refractivity contribution in [3.05, 3.63) is 83.9 Å². The smallest absolute Gasteiger partial charge is 0.138 e. The summed E-state index contributed by atoms with van der Waals surface area (Å²) in [6.45, 7) is 1.13. The Morgan fingerprint density at radius 3 is 2.57 bits per heavy atom. The third kappa shape index (κ3) is 4.69. The van der Waals surface area contributed by atoms with Crippen LogP contribution in [0.2, 0.25) is 5.02 Å². The number of aliphatic hydroxyl groups excluding tert-OH is 1. The van der Waals surface area contributed by atoms with Crippen LogP contribution in [0, 0.1) is 0 Å². The molecular weight excluding hydrogens is 486 g/mol. The van der Waals surface area contributed by atoms with E-state index in [1.165, 1.54) is 0 Å². The first-order valence-electron chi connectivity index (χ1n) is 12.0. The van der Waals surface area contributed by atoms with E-state index in [1.54, 1.807) is 25.8 Å². The fourth-order valence-corrected chi connectivity index (χ4v) is 4.92. The molecule has 0 aliphatic rings. The molecule has 188 valence electrons. The summed E-state index contributed by atoms with van der Waals surface area (Å²) in [4.78, 5) is 16.0. The summed E-state index contributed by atoms with van der Waals surface area (Å²) in [7, 11) is 5.61. The number of rotatable bonds is 8. The van der Waals surface area contributed by atoms with E-state index in [0.29, 0.717) is 18.2 Å². The zero-order chi connectivity index (χ0) is 25.9. The normalized spacial score (nSPS) is 11.3. The molecule has 3 aromatic heterocycles. The fourth-order valence-electron chi connectivity index (χ4n) is 4.57. The van der Waals surface area contributed by atoms with Gasteiger partial charge in [0.1, 0.15) is 5.82 Å². The van der Waals surface area contributed by atoms with Gasteiger partial charge in [-0.05, 0) is 34.9 Å². The van der Waals surface area contributed by atoms with Crippen LogP contribution in [0.15, 0.2) is 73.3 Å². The van der Waals surface area contributed by atoms with Crippen LogP contribution < -0.4 is 4.90 Å². The number of pyridine rings is 2. The van der Waals surface area contributed by atoms with E-state index in [4.69, 9.17) is 21.3 Å². The van der Waals surface area contributed by atoms with Gasteiger partial charge in [-0.15, -0.1) is 0 Å². The summed E-state index contributed by atoms with van der Waals surface area (Å²) in [5, 5.41) is 11.6. The minimum absolute atomic E-state index is 0.120. The number of hydrogen-bond donors (Lipinski definition) is 1. The van der Waals surface area contributed by atoms with Crippen LogP contribution in [0.3, 0.4) is 0 Å². The Hall–Kier alpha value is -3.78. The number of benzene rings is 2. The molecule has 2 aromatic carbocycles. The lowest BCUT2D eigenvalue weighted by atomic mass is 9.95. The van der Waals surface area contributed by atoms with E-state index in [9.17, 15) is 5.11 Å². The molecule has 0 aliphatic carbocycles. The van der Waals surface area contributed by atoms with Gasteiger partial charge in [0.05, 0.1) is 47.7 Å². The average molecular weight is 514 g/mol. The summed E-state index contributed by atoms with van der Waals surface area (Å²) in [5.74, 6) is 0.793. The maximum absolute atomic E-state index is 10.2. The predicted octanol–water partition coefficient (Wildman–Crippen LogP) is 5.59. The molecule has 1 N–H and O–H groups in total. The maximum atomic E-state index is 10.2. The quantitative estimate of drug-likeness (QED) is 0.291. The second kappa shape index (κ2) is 10.7. The zero-order valence-electron chi connectivity index (χ0n) is 21.0. The summed E-state index contributed by atoms with van der Waals surface area (Å²) in [6, 6.07) is 17.9. The monoisotopic (exact) mass is 513 g/mol. The highest BCUT2D eigenvalue weighted by Crippen LogP contribution is 2.42. The molecule has 0 saturated carbocycles. The molecule has 3 heterocycles. The van der Waals surface area contributed by atoms with Crippen LogP contribution >= 0.6 is 11.6 Å². The van der Waals surface area contributed by atoms with Gasteiger partial charge in [-0.2, -0.15) is 0 Å². The number of anilines is 1. The van der Waals surface area contributed by atoms with E-state index in [-0.39, 0.29) is 6.61 Å². The lowest BCUT2D eigenvalue weighted by molar-refractivity contribution is 0.206. The standard InChI is InChI=1S/C29H28ClN5O2/c1-34(13-14-37-3)29-26(19-7-5-4-6-8-19)27(30)22-15-20(9-10-23(22)33-29)25-21(17-36)11-12-32-28(25)24-16-31-18-35(24)2/h4-12,15-16,18,36H,13-14,17H2,1-3H3. The number of aromatic nitrogens is 4. The largest absolute Gasteiger partial charge is 0.392 e. The van der Waals surface area contributed by atoms with Crippen LogP contribution in [-0.4, -0.2) is 51.9 Å². The number of imidazole rings is 1. The Balaban J connectivity index is 1.75. The molecule has 0 fully saturated rings. The lowest BCUT2D eigenvalue weighted by Gasteiger charge is -2.23. The second-order valence-corrected chi connectivity index (χ2v) is 9.26. The fraction of sp³-hybridized carbons (Fsp3) is 0.207. The minimum atomic E-state index is -0.120. The van der Waals surface area contributed by atoms with Crippen molar-refractivity contribution in [1.29, 1.82) is 0 Å². The molecule has 0 aliphatic heterocycles. The van der Waals surface area contributed by atoms with Crippen molar-refractivity contribution >= 4 is 28.3 Å². The number of ether oxygens (including phenoxy) is 1. The van der Waals surface area contributed by atoms with Gasteiger partial charge in [-0.1, -0.05) is 48.0 Å². The van der Waals surface area contributed by atoms with Gasteiger partial charge in [0, 0.05) is 50.5 Å². The molecule has 0 radical (unpaired) electrons. The van der Waals surface area contributed by atoms with Crippen molar-refractivity contribution in [2.24, 2.45) is 7.05 Å². The van der Waals surface area contributed by atoms with E-state index >= 15 is 0 Å². The van der Waals surface area contributed by atoms with Crippen LogP contribution in [0.1, 0.15) is 5.56 Å². The van der Waals surface area contributed by atoms with Crippen LogP contribution in [0.4, 0.5) is 5.82 Å². The van der Waals surface area contributed by atoms with Gasteiger partial charge in [0.2, 0.25) is 0 Å². The van der Waals surface area contributed by atoms with Crippen molar-refractivity contribution in [2.45, 2.75) is 6.61 Å². The number of halogens is 1. The van der Waals surface area contributed by atoms with Gasteiger partial charge in [-0.3, -0.25) is 4.98 Å². The summed E-state index contributed by atoms with van der Waals surface area (Å²) < 4.78 is 7.21. The van der Waals surface area contributed by atoms with Crippen molar-refractivity contribution in [1.82, 2.24) is 19.5 Å². The molecule has 0 saturated heterocycles. The Kier molecular flexibility index (Phi) is 7.19. The van der Waals surface area contributed by atoms with Gasteiger partial charge < -0.3 is 19.3 Å². The topological polar surface area (TPSA) is 76.3 Å². The summed E-state index contributed by atoms with van der Waals surface area (Å²) in [6.07, 6.45) is 5.22. The van der Waals surface area contributed by atoms with Crippen molar-refractivity contribution in [3.8, 4) is 33.6 Å². The number of methoxy groups -OCH3 is 1. The van der Waals surface area contributed by atoms with Gasteiger partial charge in [-0.25, -0.2) is 9.97 Å². The molecule has 37 heavy (non-hydrogen) atoms. The van der Waals surface area contributed by atoms with Gasteiger partial charge in [0.25, 0.3) is 0 Å². The van der Waals surface area contributed by atoms with E-state index in [2.05, 4.69) is 14.9 Å². The third-order valence-corrected chi connectivity index (χ3v) is 6.91. The Labute approximate surface area is 221 Å². The van der Waals surface area contributed by atoms with E-state index in [1.807, 2.05) is 73.3 Å². The molecule has 0 atom stereocenters. The molecule has 7 nitrogen and oxygen atoms in total.